The molecule has 4 rings (SSSR count). The maximum absolute atomic E-state index is 4.90. The molecular weight excluding hydrogens is 286 g/mol. The fraction of sp³-hybridized carbons (Fsp3) is 0.722. The standard InChI is InChI=1S/C18H27N5/c1-12-16(13(2)21-20-12)10-17-19-18(15-8-9-15)22-23(17)11-14-6-4-3-5-7-14/h14-15H,3-11H2,1-2H3,(H,20,21). The van der Waals surface area contributed by atoms with Gasteiger partial charge in [-0.1, -0.05) is 19.3 Å². The van der Waals surface area contributed by atoms with E-state index in [2.05, 4.69) is 28.7 Å². The smallest absolute Gasteiger partial charge is 0.154 e. The Labute approximate surface area is 137 Å². The summed E-state index contributed by atoms with van der Waals surface area (Å²) in [5, 5.41) is 12.3. The molecule has 124 valence electrons. The van der Waals surface area contributed by atoms with E-state index in [0.29, 0.717) is 5.92 Å². The highest BCUT2D eigenvalue weighted by molar-refractivity contribution is 5.27. The third-order valence-corrected chi connectivity index (χ3v) is 5.48. The topological polar surface area (TPSA) is 59.4 Å². The Kier molecular flexibility index (Phi) is 3.95. The van der Waals surface area contributed by atoms with E-state index in [1.165, 1.54) is 50.5 Å². The predicted octanol–water partition coefficient (Wildman–Crippen LogP) is 3.67. The van der Waals surface area contributed by atoms with Gasteiger partial charge in [-0.3, -0.25) is 5.10 Å². The molecule has 2 aromatic rings. The van der Waals surface area contributed by atoms with Crippen molar-refractivity contribution in [3.63, 3.8) is 0 Å². The van der Waals surface area contributed by atoms with Crippen LogP contribution < -0.4 is 0 Å². The quantitative estimate of drug-likeness (QED) is 0.916. The first-order chi connectivity index (χ1) is 11.2. The number of H-pyrrole nitrogens is 1. The molecule has 0 saturated heterocycles. The molecule has 1 N–H and O–H groups in total. The van der Waals surface area contributed by atoms with Gasteiger partial charge in [0.15, 0.2) is 5.82 Å². The van der Waals surface area contributed by atoms with Crippen LogP contribution in [-0.4, -0.2) is 25.0 Å². The molecule has 0 spiro atoms. The first-order valence-corrected chi connectivity index (χ1v) is 9.14. The number of aromatic nitrogens is 5. The summed E-state index contributed by atoms with van der Waals surface area (Å²) >= 11 is 0. The molecule has 2 aliphatic rings. The molecule has 0 amide bonds. The molecule has 0 atom stereocenters. The minimum atomic E-state index is 0.618. The summed E-state index contributed by atoms with van der Waals surface area (Å²) in [5.41, 5.74) is 3.52. The number of hydrogen-bond acceptors (Lipinski definition) is 3. The average molecular weight is 313 g/mol. The van der Waals surface area contributed by atoms with Gasteiger partial charge in [0.25, 0.3) is 0 Å². The van der Waals surface area contributed by atoms with Crippen LogP contribution in [-0.2, 0) is 13.0 Å². The minimum Gasteiger partial charge on any atom is -0.282 e. The second kappa shape index (κ2) is 6.10. The Morgan fingerprint density at radius 3 is 2.52 bits per heavy atom. The second-order valence-corrected chi connectivity index (χ2v) is 7.44. The highest BCUT2D eigenvalue weighted by Gasteiger charge is 2.29. The molecule has 5 heteroatoms. The maximum Gasteiger partial charge on any atom is 0.154 e. The molecular formula is C18H27N5. The van der Waals surface area contributed by atoms with Gasteiger partial charge in [-0.05, 0) is 45.4 Å². The molecule has 2 saturated carbocycles. The Hall–Kier alpha value is -1.65. The van der Waals surface area contributed by atoms with Crippen molar-refractivity contribution in [1.82, 2.24) is 25.0 Å². The largest absolute Gasteiger partial charge is 0.282 e. The van der Waals surface area contributed by atoms with Crippen molar-refractivity contribution in [2.75, 3.05) is 0 Å². The van der Waals surface area contributed by atoms with Gasteiger partial charge in [0.2, 0.25) is 0 Å². The molecule has 0 radical (unpaired) electrons. The molecule has 0 aromatic carbocycles. The summed E-state index contributed by atoms with van der Waals surface area (Å²) in [4.78, 5) is 4.90. The number of aromatic amines is 1. The zero-order valence-corrected chi connectivity index (χ0v) is 14.3. The molecule has 2 fully saturated rings. The number of rotatable bonds is 5. The molecule has 23 heavy (non-hydrogen) atoms. The van der Waals surface area contributed by atoms with Crippen molar-refractivity contribution in [2.45, 2.75) is 77.7 Å². The van der Waals surface area contributed by atoms with E-state index < -0.39 is 0 Å². The Morgan fingerprint density at radius 1 is 1.09 bits per heavy atom. The van der Waals surface area contributed by atoms with Crippen LogP contribution in [0.3, 0.4) is 0 Å². The van der Waals surface area contributed by atoms with E-state index in [4.69, 9.17) is 10.1 Å². The fourth-order valence-corrected chi connectivity index (χ4v) is 3.79. The van der Waals surface area contributed by atoms with Gasteiger partial charge in [-0.2, -0.15) is 10.2 Å². The molecule has 2 heterocycles. The average Bonchev–Trinajstić information content (AvgIpc) is 3.27. The Balaban J connectivity index is 1.58. The Bertz CT molecular complexity index is 654. The van der Waals surface area contributed by atoms with Gasteiger partial charge in [-0.15, -0.1) is 0 Å². The van der Waals surface area contributed by atoms with Crippen molar-refractivity contribution in [3.8, 4) is 0 Å². The van der Waals surface area contributed by atoms with Gasteiger partial charge >= 0.3 is 0 Å². The monoisotopic (exact) mass is 313 g/mol. The third kappa shape index (κ3) is 3.19. The second-order valence-electron chi connectivity index (χ2n) is 7.44. The van der Waals surface area contributed by atoms with Crippen LogP contribution in [0.25, 0.3) is 0 Å². The van der Waals surface area contributed by atoms with Crippen molar-refractivity contribution in [1.29, 1.82) is 0 Å². The zero-order chi connectivity index (χ0) is 15.8. The Morgan fingerprint density at radius 2 is 1.87 bits per heavy atom. The van der Waals surface area contributed by atoms with Crippen LogP contribution >= 0.6 is 0 Å². The molecule has 0 aliphatic heterocycles. The SMILES string of the molecule is Cc1n[nH]c(C)c1Cc1nc(C2CC2)nn1CC1CCCCC1. The summed E-state index contributed by atoms with van der Waals surface area (Å²) in [5.74, 6) is 3.61. The zero-order valence-electron chi connectivity index (χ0n) is 14.3. The van der Waals surface area contributed by atoms with Crippen LogP contribution in [0.4, 0.5) is 0 Å². The first-order valence-electron chi connectivity index (χ1n) is 9.14. The summed E-state index contributed by atoms with van der Waals surface area (Å²) in [7, 11) is 0. The van der Waals surface area contributed by atoms with Gasteiger partial charge in [0.1, 0.15) is 5.82 Å². The molecule has 2 aliphatic carbocycles. The van der Waals surface area contributed by atoms with Gasteiger partial charge in [0, 0.05) is 30.1 Å². The lowest BCUT2D eigenvalue weighted by Crippen LogP contribution is -2.17. The number of hydrogen-bond donors (Lipinski definition) is 1. The van der Waals surface area contributed by atoms with Crippen molar-refractivity contribution in [2.24, 2.45) is 5.92 Å². The van der Waals surface area contributed by atoms with E-state index in [0.717, 1.165) is 41.9 Å². The first kappa shape index (κ1) is 14.9. The van der Waals surface area contributed by atoms with Crippen LogP contribution in [0.2, 0.25) is 0 Å². The van der Waals surface area contributed by atoms with E-state index in [-0.39, 0.29) is 0 Å². The lowest BCUT2D eigenvalue weighted by atomic mass is 9.89. The van der Waals surface area contributed by atoms with E-state index >= 15 is 0 Å². The number of aryl methyl sites for hydroxylation is 2. The van der Waals surface area contributed by atoms with Crippen LogP contribution in [0.5, 0.6) is 0 Å². The van der Waals surface area contributed by atoms with Gasteiger partial charge < -0.3 is 0 Å². The fourth-order valence-electron chi connectivity index (χ4n) is 3.79. The minimum absolute atomic E-state index is 0.618. The van der Waals surface area contributed by atoms with Crippen LogP contribution in [0, 0.1) is 19.8 Å². The van der Waals surface area contributed by atoms with Crippen LogP contribution in [0.15, 0.2) is 0 Å². The normalized spacial score (nSPS) is 19.4. The highest BCUT2D eigenvalue weighted by atomic mass is 15.4. The molecule has 0 bridgehead atoms. The van der Waals surface area contributed by atoms with Crippen molar-refractivity contribution < 1.29 is 0 Å². The molecule has 5 nitrogen and oxygen atoms in total. The van der Waals surface area contributed by atoms with E-state index in [1.807, 2.05) is 0 Å². The van der Waals surface area contributed by atoms with Gasteiger partial charge in [-0.25, -0.2) is 9.67 Å². The van der Waals surface area contributed by atoms with E-state index in [9.17, 15) is 0 Å². The summed E-state index contributed by atoms with van der Waals surface area (Å²) < 4.78 is 2.22. The van der Waals surface area contributed by atoms with Crippen molar-refractivity contribution in [3.05, 3.63) is 28.6 Å². The van der Waals surface area contributed by atoms with Gasteiger partial charge in [0.05, 0.1) is 5.69 Å². The number of nitrogens with one attached hydrogen (secondary N) is 1. The summed E-state index contributed by atoms with van der Waals surface area (Å²) in [6.45, 7) is 5.21. The number of nitrogens with zero attached hydrogens (tertiary/aromatic N) is 4. The lowest BCUT2D eigenvalue weighted by molar-refractivity contribution is 0.304. The molecule has 2 aromatic heterocycles. The van der Waals surface area contributed by atoms with E-state index in [1.54, 1.807) is 0 Å². The molecule has 0 unspecified atom stereocenters. The van der Waals surface area contributed by atoms with Crippen molar-refractivity contribution >= 4 is 0 Å². The maximum atomic E-state index is 4.90. The summed E-state index contributed by atoms with van der Waals surface area (Å²) in [6.07, 6.45) is 10.2. The van der Waals surface area contributed by atoms with Crippen LogP contribution in [0.1, 0.15) is 79.5 Å². The predicted molar refractivity (Wildman–Crippen MR) is 89.4 cm³/mol. The summed E-state index contributed by atoms with van der Waals surface area (Å²) in [6, 6.07) is 0. The third-order valence-electron chi connectivity index (χ3n) is 5.48. The highest BCUT2D eigenvalue weighted by Crippen LogP contribution is 2.38. The lowest BCUT2D eigenvalue weighted by Gasteiger charge is -2.21.